The SMILES string of the molecule is CCOc1cc(CNC(C)(C)CC)cc(Cl)c1OCc1ccc(F)cc1.Cl. The predicted molar refractivity (Wildman–Crippen MR) is 112 cm³/mol. The van der Waals surface area contributed by atoms with Gasteiger partial charge in [-0.1, -0.05) is 30.7 Å². The highest BCUT2D eigenvalue weighted by Gasteiger charge is 2.16. The molecule has 2 rings (SSSR count). The molecule has 0 spiro atoms. The molecule has 0 aliphatic carbocycles. The Kier molecular flexibility index (Phi) is 9.37. The van der Waals surface area contributed by atoms with Crippen LogP contribution in [0.3, 0.4) is 0 Å². The zero-order chi connectivity index (χ0) is 19.2. The first-order chi connectivity index (χ1) is 12.3. The lowest BCUT2D eigenvalue weighted by molar-refractivity contribution is 0.269. The summed E-state index contributed by atoms with van der Waals surface area (Å²) in [5.41, 5.74) is 1.95. The number of benzene rings is 2. The van der Waals surface area contributed by atoms with Crippen LogP contribution in [0.5, 0.6) is 11.5 Å². The smallest absolute Gasteiger partial charge is 0.180 e. The summed E-state index contributed by atoms with van der Waals surface area (Å²) in [7, 11) is 0. The molecule has 0 saturated carbocycles. The van der Waals surface area contributed by atoms with Crippen molar-refractivity contribution in [1.82, 2.24) is 5.32 Å². The summed E-state index contributed by atoms with van der Waals surface area (Å²) in [4.78, 5) is 0. The van der Waals surface area contributed by atoms with Gasteiger partial charge in [0.2, 0.25) is 0 Å². The molecule has 0 bridgehead atoms. The van der Waals surface area contributed by atoms with Crippen LogP contribution < -0.4 is 14.8 Å². The van der Waals surface area contributed by atoms with Crippen LogP contribution in [-0.4, -0.2) is 12.1 Å². The van der Waals surface area contributed by atoms with Crippen LogP contribution in [0.4, 0.5) is 4.39 Å². The summed E-state index contributed by atoms with van der Waals surface area (Å²) >= 11 is 6.45. The Balaban J connectivity index is 0.00000364. The lowest BCUT2D eigenvalue weighted by atomic mass is 10.0. The second-order valence-corrected chi connectivity index (χ2v) is 7.25. The number of halogens is 3. The van der Waals surface area contributed by atoms with E-state index in [0.717, 1.165) is 17.5 Å². The number of hydrogen-bond donors (Lipinski definition) is 1. The Morgan fingerprint density at radius 3 is 2.30 bits per heavy atom. The van der Waals surface area contributed by atoms with Crippen molar-refractivity contribution < 1.29 is 13.9 Å². The van der Waals surface area contributed by atoms with Crippen molar-refractivity contribution in [1.29, 1.82) is 0 Å². The summed E-state index contributed by atoms with van der Waals surface area (Å²) in [6.07, 6.45) is 1.03. The number of ether oxygens (including phenoxy) is 2. The maximum atomic E-state index is 13.0. The molecule has 3 nitrogen and oxygen atoms in total. The first-order valence-electron chi connectivity index (χ1n) is 8.92. The van der Waals surface area contributed by atoms with Crippen LogP contribution in [0.2, 0.25) is 5.02 Å². The van der Waals surface area contributed by atoms with Gasteiger partial charge < -0.3 is 14.8 Å². The average molecular weight is 416 g/mol. The van der Waals surface area contributed by atoms with Crippen LogP contribution in [-0.2, 0) is 13.2 Å². The van der Waals surface area contributed by atoms with Gasteiger partial charge in [0, 0.05) is 12.1 Å². The van der Waals surface area contributed by atoms with Crippen molar-refractivity contribution in [2.75, 3.05) is 6.61 Å². The molecular formula is C21H28Cl2FNO2. The van der Waals surface area contributed by atoms with Gasteiger partial charge in [0.05, 0.1) is 11.6 Å². The molecule has 0 amide bonds. The van der Waals surface area contributed by atoms with E-state index in [0.29, 0.717) is 36.3 Å². The van der Waals surface area contributed by atoms with Crippen molar-refractivity contribution in [3.63, 3.8) is 0 Å². The monoisotopic (exact) mass is 415 g/mol. The highest BCUT2D eigenvalue weighted by atomic mass is 35.5. The third-order valence-corrected chi connectivity index (χ3v) is 4.60. The topological polar surface area (TPSA) is 30.5 Å². The maximum Gasteiger partial charge on any atom is 0.180 e. The molecule has 2 aromatic carbocycles. The van der Waals surface area contributed by atoms with E-state index < -0.39 is 0 Å². The van der Waals surface area contributed by atoms with Crippen LogP contribution in [0.1, 0.15) is 45.2 Å². The molecule has 2 aromatic rings. The number of nitrogens with one attached hydrogen (secondary N) is 1. The molecular weight excluding hydrogens is 388 g/mol. The predicted octanol–water partition coefficient (Wildman–Crippen LogP) is 6.16. The summed E-state index contributed by atoms with van der Waals surface area (Å²) in [5.74, 6) is 0.859. The summed E-state index contributed by atoms with van der Waals surface area (Å²) < 4.78 is 24.6. The van der Waals surface area contributed by atoms with E-state index in [1.807, 2.05) is 19.1 Å². The maximum absolute atomic E-state index is 13.0. The highest BCUT2D eigenvalue weighted by molar-refractivity contribution is 6.32. The lowest BCUT2D eigenvalue weighted by Crippen LogP contribution is -2.37. The van der Waals surface area contributed by atoms with Crippen LogP contribution >= 0.6 is 24.0 Å². The van der Waals surface area contributed by atoms with Crippen LogP contribution in [0.25, 0.3) is 0 Å². The minimum Gasteiger partial charge on any atom is -0.490 e. The van der Waals surface area contributed by atoms with E-state index in [2.05, 4.69) is 26.1 Å². The van der Waals surface area contributed by atoms with Gasteiger partial charge in [-0.2, -0.15) is 0 Å². The van der Waals surface area contributed by atoms with Crippen molar-refractivity contribution in [2.24, 2.45) is 0 Å². The highest BCUT2D eigenvalue weighted by Crippen LogP contribution is 2.37. The zero-order valence-electron chi connectivity index (χ0n) is 16.3. The Hall–Kier alpha value is -1.49. The third-order valence-electron chi connectivity index (χ3n) is 4.32. The molecule has 0 atom stereocenters. The van der Waals surface area contributed by atoms with Gasteiger partial charge >= 0.3 is 0 Å². The van der Waals surface area contributed by atoms with E-state index >= 15 is 0 Å². The summed E-state index contributed by atoms with van der Waals surface area (Å²) in [6.45, 7) is 9.90. The Morgan fingerprint density at radius 2 is 1.70 bits per heavy atom. The van der Waals surface area contributed by atoms with E-state index in [1.54, 1.807) is 12.1 Å². The fourth-order valence-corrected chi connectivity index (χ4v) is 2.62. The molecule has 0 aromatic heterocycles. The van der Waals surface area contributed by atoms with Gasteiger partial charge in [-0.25, -0.2) is 4.39 Å². The molecule has 0 unspecified atom stereocenters. The van der Waals surface area contributed by atoms with Crippen molar-refractivity contribution in [3.05, 3.63) is 58.4 Å². The van der Waals surface area contributed by atoms with Crippen molar-refractivity contribution >= 4 is 24.0 Å². The second-order valence-electron chi connectivity index (χ2n) is 6.84. The van der Waals surface area contributed by atoms with E-state index in [-0.39, 0.29) is 23.8 Å². The Bertz CT molecular complexity index is 721. The van der Waals surface area contributed by atoms with E-state index in [1.165, 1.54) is 12.1 Å². The Labute approximate surface area is 172 Å². The van der Waals surface area contributed by atoms with E-state index in [9.17, 15) is 4.39 Å². The van der Waals surface area contributed by atoms with Gasteiger partial charge in [0.1, 0.15) is 12.4 Å². The second kappa shape index (κ2) is 10.7. The molecule has 0 radical (unpaired) electrons. The Morgan fingerprint density at radius 1 is 1.04 bits per heavy atom. The molecule has 0 heterocycles. The first-order valence-corrected chi connectivity index (χ1v) is 9.30. The van der Waals surface area contributed by atoms with Gasteiger partial charge in [-0.05, 0) is 62.6 Å². The van der Waals surface area contributed by atoms with Crippen molar-refractivity contribution in [2.45, 2.75) is 52.8 Å². The quantitative estimate of drug-likeness (QED) is 0.531. The van der Waals surface area contributed by atoms with Crippen LogP contribution in [0.15, 0.2) is 36.4 Å². The summed E-state index contributed by atoms with van der Waals surface area (Å²) in [5, 5.41) is 4.02. The first kappa shape index (κ1) is 23.5. The largest absolute Gasteiger partial charge is 0.490 e. The number of rotatable bonds is 9. The molecule has 27 heavy (non-hydrogen) atoms. The third kappa shape index (κ3) is 7.21. The zero-order valence-corrected chi connectivity index (χ0v) is 17.8. The summed E-state index contributed by atoms with van der Waals surface area (Å²) in [6, 6.07) is 10.0. The van der Waals surface area contributed by atoms with E-state index in [4.69, 9.17) is 21.1 Å². The molecule has 0 saturated heterocycles. The molecule has 150 valence electrons. The fourth-order valence-electron chi connectivity index (χ4n) is 2.33. The normalized spacial score (nSPS) is 11.0. The van der Waals surface area contributed by atoms with Gasteiger partial charge in [0.25, 0.3) is 0 Å². The molecule has 1 N–H and O–H groups in total. The average Bonchev–Trinajstić information content (AvgIpc) is 2.61. The van der Waals surface area contributed by atoms with Gasteiger partial charge in [0.15, 0.2) is 11.5 Å². The fraction of sp³-hybridized carbons (Fsp3) is 0.429. The molecule has 0 aliphatic heterocycles. The molecule has 0 aliphatic rings. The molecule has 6 heteroatoms. The lowest BCUT2D eigenvalue weighted by Gasteiger charge is -2.25. The van der Waals surface area contributed by atoms with Crippen LogP contribution in [0, 0.1) is 5.82 Å². The van der Waals surface area contributed by atoms with Gasteiger partial charge in [-0.15, -0.1) is 12.4 Å². The minimum atomic E-state index is -0.270. The number of hydrogen-bond acceptors (Lipinski definition) is 3. The standard InChI is InChI=1S/C21H27ClFNO2.ClH/c1-5-21(3,4)24-13-16-11-18(22)20(19(12-16)25-6-2)26-14-15-7-9-17(23)10-8-15;/h7-12,24H,5-6,13-14H2,1-4H3;1H. The van der Waals surface area contributed by atoms with Crippen molar-refractivity contribution in [3.8, 4) is 11.5 Å². The van der Waals surface area contributed by atoms with Gasteiger partial charge in [-0.3, -0.25) is 0 Å². The molecule has 0 fully saturated rings. The minimum absolute atomic E-state index is 0.